The largest absolute Gasteiger partial charge is 0.279 e. The Balaban J connectivity index is 1.90. The third-order valence-electron chi connectivity index (χ3n) is 4.57. The van der Waals surface area contributed by atoms with Gasteiger partial charge in [-0.15, -0.1) is 0 Å². The lowest BCUT2D eigenvalue weighted by Crippen LogP contribution is -2.30. The van der Waals surface area contributed by atoms with E-state index in [4.69, 9.17) is 0 Å². The second kappa shape index (κ2) is 7.21. The van der Waals surface area contributed by atoms with E-state index in [0.717, 1.165) is 9.87 Å². The Bertz CT molecular complexity index is 1110. The standard InChI is InChI=1S/C19H22N2O5S2/c1-13(2)17-6-4-5-7-18(17)20-28(25,26)16-10-8-15(9-11-16)21-19(22)14(3)12-27(21,23)24/h4-11,13-14,20H,12H2,1-3H3/t14-/m1/s1. The molecule has 0 radical (unpaired) electrons. The fourth-order valence-electron chi connectivity index (χ4n) is 3.14. The lowest BCUT2D eigenvalue weighted by atomic mass is 10.0. The molecule has 0 saturated carbocycles. The van der Waals surface area contributed by atoms with Crippen molar-refractivity contribution in [3.63, 3.8) is 0 Å². The monoisotopic (exact) mass is 422 g/mol. The maximum atomic E-state index is 12.7. The van der Waals surface area contributed by atoms with E-state index in [1.54, 1.807) is 19.1 Å². The van der Waals surface area contributed by atoms with Crippen molar-refractivity contribution in [3.8, 4) is 0 Å². The molecule has 0 aliphatic carbocycles. The molecule has 1 saturated heterocycles. The van der Waals surface area contributed by atoms with Crippen LogP contribution in [0, 0.1) is 5.92 Å². The number of rotatable bonds is 5. The Morgan fingerprint density at radius 2 is 1.68 bits per heavy atom. The molecule has 2 aromatic carbocycles. The van der Waals surface area contributed by atoms with Crippen LogP contribution in [0.1, 0.15) is 32.3 Å². The van der Waals surface area contributed by atoms with Crippen LogP contribution in [0.5, 0.6) is 0 Å². The van der Waals surface area contributed by atoms with Crippen molar-refractivity contribution in [2.75, 3.05) is 14.8 Å². The van der Waals surface area contributed by atoms with Gasteiger partial charge in [0.25, 0.3) is 10.0 Å². The first-order valence-electron chi connectivity index (χ1n) is 8.81. The van der Waals surface area contributed by atoms with Gasteiger partial charge in [-0.2, -0.15) is 0 Å². The van der Waals surface area contributed by atoms with Crippen molar-refractivity contribution in [2.45, 2.75) is 31.6 Å². The highest BCUT2D eigenvalue weighted by molar-refractivity contribution is 7.94. The first-order valence-corrected chi connectivity index (χ1v) is 11.9. The van der Waals surface area contributed by atoms with Crippen molar-refractivity contribution in [2.24, 2.45) is 5.92 Å². The van der Waals surface area contributed by atoms with Crippen LogP contribution < -0.4 is 9.03 Å². The van der Waals surface area contributed by atoms with E-state index in [1.807, 2.05) is 26.0 Å². The zero-order valence-electron chi connectivity index (χ0n) is 15.8. The average molecular weight is 423 g/mol. The van der Waals surface area contributed by atoms with Gasteiger partial charge in [-0.1, -0.05) is 39.0 Å². The molecule has 0 aromatic heterocycles. The lowest BCUT2D eigenvalue weighted by molar-refractivity contribution is -0.119. The van der Waals surface area contributed by atoms with Crippen molar-refractivity contribution in [1.82, 2.24) is 0 Å². The quantitative estimate of drug-likeness (QED) is 0.798. The number of nitrogens with zero attached hydrogens (tertiary/aromatic N) is 1. The summed E-state index contributed by atoms with van der Waals surface area (Å²) in [5.41, 5.74) is 1.49. The number of carbonyl (C=O) groups is 1. The van der Waals surface area contributed by atoms with Gasteiger partial charge in [0.2, 0.25) is 15.9 Å². The van der Waals surface area contributed by atoms with Crippen molar-refractivity contribution in [1.29, 1.82) is 0 Å². The summed E-state index contributed by atoms with van der Waals surface area (Å²) in [6.07, 6.45) is 0. The fourth-order valence-corrected chi connectivity index (χ4v) is 6.05. The van der Waals surface area contributed by atoms with Crippen LogP contribution in [0.2, 0.25) is 0 Å². The third kappa shape index (κ3) is 3.77. The Kier molecular flexibility index (Phi) is 5.24. The first-order chi connectivity index (χ1) is 13.0. The van der Waals surface area contributed by atoms with Crippen LogP contribution in [0.25, 0.3) is 0 Å². The number of nitrogens with one attached hydrogen (secondary N) is 1. The third-order valence-corrected chi connectivity index (χ3v) is 7.82. The number of hydrogen-bond acceptors (Lipinski definition) is 5. The van der Waals surface area contributed by atoms with Gasteiger partial charge >= 0.3 is 0 Å². The molecule has 0 bridgehead atoms. The van der Waals surface area contributed by atoms with Crippen molar-refractivity contribution < 1.29 is 21.6 Å². The molecule has 1 fully saturated rings. The van der Waals surface area contributed by atoms with Gasteiger partial charge in [0.05, 0.1) is 27.9 Å². The van der Waals surface area contributed by atoms with Gasteiger partial charge in [0.1, 0.15) is 0 Å². The van der Waals surface area contributed by atoms with E-state index >= 15 is 0 Å². The van der Waals surface area contributed by atoms with E-state index in [0.29, 0.717) is 5.69 Å². The number of benzene rings is 2. The number of anilines is 2. The Labute approximate surface area is 165 Å². The van der Waals surface area contributed by atoms with E-state index < -0.39 is 31.9 Å². The minimum atomic E-state index is -3.87. The number of hydrogen-bond donors (Lipinski definition) is 1. The highest BCUT2D eigenvalue weighted by Gasteiger charge is 2.41. The number of para-hydroxylation sites is 1. The second-order valence-corrected chi connectivity index (χ2v) is 10.7. The van der Waals surface area contributed by atoms with Crippen LogP contribution in [0.15, 0.2) is 53.4 Å². The summed E-state index contributed by atoms with van der Waals surface area (Å²) < 4.78 is 53.2. The highest BCUT2D eigenvalue weighted by Crippen LogP contribution is 2.30. The zero-order valence-corrected chi connectivity index (χ0v) is 17.4. The van der Waals surface area contributed by atoms with Crippen LogP contribution in [0.3, 0.4) is 0 Å². The Morgan fingerprint density at radius 3 is 2.21 bits per heavy atom. The van der Waals surface area contributed by atoms with Crippen LogP contribution in [0.4, 0.5) is 11.4 Å². The van der Waals surface area contributed by atoms with Gasteiger partial charge < -0.3 is 0 Å². The summed E-state index contributed by atoms with van der Waals surface area (Å²) >= 11 is 0. The summed E-state index contributed by atoms with van der Waals surface area (Å²) in [6.45, 7) is 5.49. The molecular formula is C19H22N2O5S2. The summed E-state index contributed by atoms with van der Waals surface area (Å²) in [7, 11) is -7.60. The van der Waals surface area contributed by atoms with E-state index in [-0.39, 0.29) is 22.3 Å². The predicted octanol–water partition coefficient (Wildman–Crippen LogP) is 2.92. The Hall–Kier alpha value is -2.39. The van der Waals surface area contributed by atoms with Gasteiger partial charge in [-0.3, -0.25) is 9.52 Å². The average Bonchev–Trinajstić information content (AvgIpc) is 2.82. The van der Waals surface area contributed by atoms with E-state index in [1.165, 1.54) is 24.3 Å². The molecule has 0 spiro atoms. The van der Waals surface area contributed by atoms with E-state index in [9.17, 15) is 21.6 Å². The van der Waals surface area contributed by atoms with Gasteiger partial charge in [0.15, 0.2) is 0 Å². The SMILES string of the molecule is CC(C)c1ccccc1NS(=O)(=O)c1ccc(N2C(=O)[C@H](C)CS2(=O)=O)cc1. The second-order valence-electron chi connectivity index (χ2n) is 7.12. The normalized spacial score (nSPS) is 19.2. The molecule has 1 amide bonds. The molecule has 7 nitrogen and oxygen atoms in total. The zero-order chi connectivity index (χ0) is 20.7. The molecular weight excluding hydrogens is 400 g/mol. The minimum absolute atomic E-state index is 0.0214. The van der Waals surface area contributed by atoms with E-state index in [2.05, 4.69) is 4.72 Å². The lowest BCUT2D eigenvalue weighted by Gasteiger charge is -2.17. The molecule has 150 valence electrons. The Morgan fingerprint density at radius 1 is 1.07 bits per heavy atom. The maximum Gasteiger partial charge on any atom is 0.261 e. The highest BCUT2D eigenvalue weighted by atomic mass is 32.2. The molecule has 2 aromatic rings. The molecule has 1 N–H and O–H groups in total. The topological polar surface area (TPSA) is 101 Å². The molecule has 1 aliphatic heterocycles. The molecule has 0 unspecified atom stereocenters. The minimum Gasteiger partial charge on any atom is -0.279 e. The maximum absolute atomic E-state index is 12.7. The number of carbonyl (C=O) groups excluding carboxylic acids is 1. The molecule has 1 heterocycles. The predicted molar refractivity (Wildman–Crippen MR) is 108 cm³/mol. The number of amides is 1. The molecule has 3 rings (SSSR count). The number of sulfonamides is 2. The van der Waals surface area contributed by atoms with Crippen LogP contribution in [-0.2, 0) is 24.8 Å². The van der Waals surface area contributed by atoms with Crippen LogP contribution in [-0.4, -0.2) is 28.5 Å². The summed E-state index contributed by atoms with van der Waals surface area (Å²) in [6, 6.07) is 12.4. The molecule has 1 aliphatic rings. The molecule has 1 atom stereocenters. The summed E-state index contributed by atoms with van der Waals surface area (Å²) in [5.74, 6) is -1.25. The van der Waals surface area contributed by atoms with Gasteiger partial charge in [-0.05, 0) is 41.8 Å². The first kappa shape index (κ1) is 20.3. The smallest absolute Gasteiger partial charge is 0.261 e. The summed E-state index contributed by atoms with van der Waals surface area (Å²) in [4.78, 5) is 12.1. The fraction of sp³-hybridized carbons (Fsp3) is 0.316. The van der Waals surface area contributed by atoms with Gasteiger partial charge in [0, 0.05) is 0 Å². The van der Waals surface area contributed by atoms with Crippen molar-refractivity contribution in [3.05, 3.63) is 54.1 Å². The molecule has 9 heteroatoms. The van der Waals surface area contributed by atoms with Crippen molar-refractivity contribution >= 4 is 37.3 Å². The van der Waals surface area contributed by atoms with Crippen LogP contribution >= 0.6 is 0 Å². The van der Waals surface area contributed by atoms with Gasteiger partial charge in [-0.25, -0.2) is 21.1 Å². The summed E-state index contributed by atoms with van der Waals surface area (Å²) in [5, 5.41) is 0. The molecule has 28 heavy (non-hydrogen) atoms.